The van der Waals surface area contributed by atoms with Gasteiger partial charge in [-0.1, -0.05) is 30.0 Å². The van der Waals surface area contributed by atoms with E-state index < -0.39 is 0 Å². The third-order valence-corrected chi connectivity index (χ3v) is 4.68. The molecule has 2 heterocycles. The van der Waals surface area contributed by atoms with E-state index in [9.17, 15) is 4.79 Å². The molecular formula is C18H20N6O2S. The number of aromatic nitrogens is 5. The number of carbonyl (C=O) groups excluding carboxylic acids is 1. The van der Waals surface area contributed by atoms with Crippen LogP contribution >= 0.6 is 11.8 Å². The van der Waals surface area contributed by atoms with Gasteiger partial charge in [0.1, 0.15) is 12.4 Å². The number of pyridine rings is 1. The van der Waals surface area contributed by atoms with E-state index in [1.807, 2.05) is 42.5 Å². The third kappa shape index (κ3) is 6.07. The van der Waals surface area contributed by atoms with Crippen LogP contribution in [0.15, 0.2) is 53.8 Å². The van der Waals surface area contributed by atoms with Crippen molar-refractivity contribution in [1.82, 2.24) is 30.5 Å². The molecule has 0 saturated carbocycles. The number of amides is 1. The van der Waals surface area contributed by atoms with Crippen LogP contribution in [0, 0.1) is 0 Å². The molecule has 0 aliphatic rings. The van der Waals surface area contributed by atoms with Crippen molar-refractivity contribution in [1.29, 1.82) is 0 Å². The molecule has 0 radical (unpaired) electrons. The third-order valence-electron chi connectivity index (χ3n) is 3.67. The maximum atomic E-state index is 11.9. The summed E-state index contributed by atoms with van der Waals surface area (Å²) in [5.41, 5.74) is 1.89. The van der Waals surface area contributed by atoms with Gasteiger partial charge in [-0.2, -0.15) is 0 Å². The molecule has 3 rings (SSSR count). The minimum Gasteiger partial charge on any atom is -0.487 e. The number of thioether (sulfide) groups is 1. The summed E-state index contributed by atoms with van der Waals surface area (Å²) in [6, 6.07) is 13.4. The average molecular weight is 384 g/mol. The van der Waals surface area contributed by atoms with Crippen LogP contribution < -0.4 is 10.1 Å². The highest BCUT2D eigenvalue weighted by molar-refractivity contribution is 7.99. The first-order valence-electron chi connectivity index (χ1n) is 8.44. The Morgan fingerprint density at radius 3 is 2.78 bits per heavy atom. The molecule has 140 valence electrons. The minimum absolute atomic E-state index is 0.00638. The molecule has 27 heavy (non-hydrogen) atoms. The SMILES string of the molecule is Cn1nnnc1SCCC(=O)NCc1ccc(OCc2ccccn2)cc1. The van der Waals surface area contributed by atoms with Crippen molar-refractivity contribution in [3.05, 3.63) is 59.9 Å². The summed E-state index contributed by atoms with van der Waals surface area (Å²) in [5.74, 6) is 1.39. The summed E-state index contributed by atoms with van der Waals surface area (Å²) in [6.07, 6.45) is 2.15. The number of nitrogens with zero attached hydrogens (tertiary/aromatic N) is 5. The lowest BCUT2D eigenvalue weighted by Crippen LogP contribution is -2.23. The van der Waals surface area contributed by atoms with Crippen molar-refractivity contribution in [3.8, 4) is 5.75 Å². The van der Waals surface area contributed by atoms with Gasteiger partial charge in [0.05, 0.1) is 5.69 Å². The standard InChI is InChI=1S/C18H20N6O2S/c1-24-18(21-22-23-24)27-11-9-17(25)20-12-14-5-7-16(8-6-14)26-13-15-4-2-3-10-19-15/h2-8,10H,9,11-13H2,1H3,(H,20,25). The fraction of sp³-hybridized carbons (Fsp3) is 0.278. The van der Waals surface area contributed by atoms with Crippen LogP contribution in [-0.2, 0) is 25.0 Å². The quantitative estimate of drug-likeness (QED) is 0.564. The molecular weight excluding hydrogens is 364 g/mol. The maximum absolute atomic E-state index is 11.9. The van der Waals surface area contributed by atoms with Gasteiger partial charge in [-0.3, -0.25) is 9.78 Å². The number of tetrazole rings is 1. The van der Waals surface area contributed by atoms with Crippen molar-refractivity contribution in [2.24, 2.45) is 7.05 Å². The Kier molecular flexibility index (Phi) is 6.75. The molecule has 9 heteroatoms. The Morgan fingerprint density at radius 1 is 1.22 bits per heavy atom. The first-order valence-corrected chi connectivity index (χ1v) is 9.43. The fourth-order valence-electron chi connectivity index (χ4n) is 2.21. The highest BCUT2D eigenvalue weighted by Gasteiger charge is 2.06. The minimum atomic E-state index is -0.00638. The van der Waals surface area contributed by atoms with E-state index in [0.717, 1.165) is 17.0 Å². The van der Waals surface area contributed by atoms with E-state index in [2.05, 4.69) is 25.8 Å². The van der Waals surface area contributed by atoms with Gasteiger partial charge in [-0.05, 0) is 40.3 Å². The van der Waals surface area contributed by atoms with Crippen LogP contribution in [0.25, 0.3) is 0 Å². The van der Waals surface area contributed by atoms with Crippen molar-refractivity contribution in [2.75, 3.05) is 5.75 Å². The van der Waals surface area contributed by atoms with Gasteiger partial charge in [-0.15, -0.1) is 5.10 Å². The lowest BCUT2D eigenvalue weighted by molar-refractivity contribution is -0.120. The zero-order valence-electron chi connectivity index (χ0n) is 14.9. The van der Waals surface area contributed by atoms with Crippen LogP contribution in [0.2, 0.25) is 0 Å². The summed E-state index contributed by atoms with van der Waals surface area (Å²) >= 11 is 1.45. The number of rotatable bonds is 9. The van der Waals surface area contributed by atoms with Gasteiger partial charge in [0, 0.05) is 32.0 Å². The average Bonchev–Trinajstić information content (AvgIpc) is 3.11. The van der Waals surface area contributed by atoms with Crippen molar-refractivity contribution >= 4 is 17.7 Å². The molecule has 0 saturated heterocycles. The number of carbonyl (C=O) groups is 1. The van der Waals surface area contributed by atoms with Crippen molar-refractivity contribution in [3.63, 3.8) is 0 Å². The number of ether oxygens (including phenoxy) is 1. The summed E-state index contributed by atoms with van der Waals surface area (Å²) in [6.45, 7) is 0.908. The number of hydrogen-bond donors (Lipinski definition) is 1. The second-order valence-corrected chi connectivity index (χ2v) is 6.78. The van der Waals surface area contributed by atoms with E-state index in [1.54, 1.807) is 17.9 Å². The molecule has 8 nitrogen and oxygen atoms in total. The fourth-order valence-corrected chi connectivity index (χ4v) is 3.00. The van der Waals surface area contributed by atoms with E-state index in [1.165, 1.54) is 11.8 Å². The summed E-state index contributed by atoms with van der Waals surface area (Å²) in [5, 5.41) is 14.8. The van der Waals surface area contributed by atoms with Crippen LogP contribution in [0.1, 0.15) is 17.7 Å². The second kappa shape index (κ2) is 9.67. The van der Waals surface area contributed by atoms with E-state index in [0.29, 0.717) is 30.5 Å². The van der Waals surface area contributed by atoms with Crippen LogP contribution in [-0.4, -0.2) is 36.9 Å². The molecule has 0 spiro atoms. The molecule has 0 fully saturated rings. The Morgan fingerprint density at radius 2 is 2.07 bits per heavy atom. The molecule has 0 aliphatic carbocycles. The normalized spacial score (nSPS) is 10.6. The molecule has 0 atom stereocenters. The molecule has 0 bridgehead atoms. The van der Waals surface area contributed by atoms with Gasteiger partial charge in [0.2, 0.25) is 11.1 Å². The number of nitrogens with one attached hydrogen (secondary N) is 1. The van der Waals surface area contributed by atoms with Crippen molar-refractivity contribution < 1.29 is 9.53 Å². The molecule has 3 aromatic rings. The highest BCUT2D eigenvalue weighted by atomic mass is 32.2. The lowest BCUT2D eigenvalue weighted by atomic mass is 10.2. The Labute approximate surface area is 161 Å². The zero-order chi connectivity index (χ0) is 18.9. The topological polar surface area (TPSA) is 94.8 Å². The van der Waals surface area contributed by atoms with E-state index in [-0.39, 0.29) is 5.91 Å². The molecule has 1 aromatic carbocycles. The van der Waals surface area contributed by atoms with E-state index >= 15 is 0 Å². The number of aryl methyl sites for hydroxylation is 1. The Balaban J connectivity index is 1.36. The number of benzene rings is 1. The van der Waals surface area contributed by atoms with Gasteiger partial charge in [0.15, 0.2) is 0 Å². The Bertz CT molecular complexity index is 854. The second-order valence-electron chi connectivity index (χ2n) is 5.71. The molecule has 0 unspecified atom stereocenters. The van der Waals surface area contributed by atoms with Crippen LogP contribution in [0.4, 0.5) is 0 Å². The molecule has 0 aliphatic heterocycles. The molecule has 1 amide bonds. The summed E-state index contributed by atoms with van der Waals surface area (Å²) < 4.78 is 7.28. The number of hydrogen-bond acceptors (Lipinski definition) is 7. The smallest absolute Gasteiger partial charge is 0.221 e. The monoisotopic (exact) mass is 384 g/mol. The zero-order valence-corrected chi connectivity index (χ0v) is 15.7. The van der Waals surface area contributed by atoms with Crippen molar-refractivity contribution in [2.45, 2.75) is 24.7 Å². The van der Waals surface area contributed by atoms with Crippen LogP contribution in [0.5, 0.6) is 5.75 Å². The van der Waals surface area contributed by atoms with Gasteiger partial charge in [-0.25, -0.2) is 4.68 Å². The predicted octanol–water partition coefficient (Wildman–Crippen LogP) is 1.98. The largest absolute Gasteiger partial charge is 0.487 e. The summed E-state index contributed by atoms with van der Waals surface area (Å²) in [4.78, 5) is 16.2. The maximum Gasteiger partial charge on any atom is 0.221 e. The summed E-state index contributed by atoms with van der Waals surface area (Å²) in [7, 11) is 1.77. The van der Waals surface area contributed by atoms with Gasteiger partial charge >= 0.3 is 0 Å². The first kappa shape index (κ1) is 18.8. The molecule has 1 N–H and O–H groups in total. The predicted molar refractivity (Wildman–Crippen MR) is 101 cm³/mol. The molecule has 2 aromatic heterocycles. The highest BCUT2D eigenvalue weighted by Crippen LogP contribution is 2.15. The first-order chi connectivity index (χ1) is 13.2. The van der Waals surface area contributed by atoms with E-state index in [4.69, 9.17) is 4.74 Å². The van der Waals surface area contributed by atoms with Gasteiger partial charge < -0.3 is 10.1 Å². The Hall–Kier alpha value is -2.94. The van der Waals surface area contributed by atoms with Gasteiger partial charge in [0.25, 0.3) is 0 Å². The lowest BCUT2D eigenvalue weighted by Gasteiger charge is -2.08. The van der Waals surface area contributed by atoms with Crippen LogP contribution in [0.3, 0.4) is 0 Å².